The molecule has 2 aromatic heterocycles. The molecule has 1 aromatic carbocycles. The van der Waals surface area contributed by atoms with Crippen LogP contribution in [0.4, 0.5) is 5.82 Å². The molecule has 0 atom stereocenters. The number of ether oxygens (including phenoxy) is 1. The van der Waals surface area contributed by atoms with Gasteiger partial charge in [-0.3, -0.25) is 9.71 Å². The van der Waals surface area contributed by atoms with E-state index in [1.807, 2.05) is 12.1 Å². The minimum absolute atomic E-state index is 0.0296. The third kappa shape index (κ3) is 4.62. The molecule has 0 bridgehead atoms. The number of pyridine rings is 1. The van der Waals surface area contributed by atoms with Crippen molar-refractivity contribution in [3.8, 4) is 17.1 Å². The second kappa shape index (κ2) is 7.92. The summed E-state index contributed by atoms with van der Waals surface area (Å²) in [6, 6.07) is 11.0. The Morgan fingerprint density at radius 2 is 1.72 bits per heavy atom. The molecule has 0 amide bonds. The van der Waals surface area contributed by atoms with Crippen LogP contribution in [-0.4, -0.2) is 38.6 Å². The Labute approximate surface area is 172 Å². The summed E-state index contributed by atoms with van der Waals surface area (Å²) < 4.78 is 33.8. The van der Waals surface area contributed by atoms with Crippen molar-refractivity contribution in [2.24, 2.45) is 0 Å². The summed E-state index contributed by atoms with van der Waals surface area (Å²) in [5, 5.41) is 1.29. The van der Waals surface area contributed by atoms with Gasteiger partial charge in [0.15, 0.2) is 0 Å². The van der Waals surface area contributed by atoms with Crippen molar-refractivity contribution in [3.63, 3.8) is 0 Å². The number of nitrogens with zero attached hydrogens (tertiary/aromatic N) is 3. The maximum atomic E-state index is 13.1. The van der Waals surface area contributed by atoms with Crippen molar-refractivity contribution in [2.75, 3.05) is 11.8 Å². The molecule has 0 spiro atoms. The predicted octanol–water partition coefficient (Wildman–Crippen LogP) is 3.20. The minimum atomic E-state index is -3.96. The molecule has 0 aliphatic carbocycles. The number of aryl methyl sites for hydroxylation is 1. The smallest absolute Gasteiger partial charge is 0.265 e. The molecule has 3 aromatic rings. The average molecular weight is 429 g/mol. The first-order chi connectivity index (χ1) is 13.6. The maximum absolute atomic E-state index is 13.1. The Morgan fingerprint density at radius 3 is 2.34 bits per heavy atom. The fourth-order valence-corrected chi connectivity index (χ4v) is 5.16. The summed E-state index contributed by atoms with van der Waals surface area (Å²) in [5.41, 5.74) is 1.73. The van der Waals surface area contributed by atoms with Crippen LogP contribution in [-0.2, 0) is 10.0 Å². The molecular formula is C20H24N4O3SSi. The molecular weight excluding hydrogens is 404 g/mol. The molecule has 2 heterocycles. The van der Waals surface area contributed by atoms with Gasteiger partial charge < -0.3 is 4.74 Å². The SMILES string of the molecule is COc1nc(C)cnc1NS(=O)(=O)c1cccnc1-c1ccc([Si](C)(C)C)cc1. The van der Waals surface area contributed by atoms with E-state index in [0.717, 1.165) is 5.56 Å². The van der Waals surface area contributed by atoms with E-state index in [2.05, 4.69) is 51.4 Å². The number of anilines is 1. The van der Waals surface area contributed by atoms with Gasteiger partial charge in [0.05, 0.1) is 32.8 Å². The quantitative estimate of drug-likeness (QED) is 0.606. The van der Waals surface area contributed by atoms with Crippen molar-refractivity contribution in [1.82, 2.24) is 15.0 Å². The van der Waals surface area contributed by atoms with E-state index in [-0.39, 0.29) is 16.6 Å². The first-order valence-electron chi connectivity index (χ1n) is 9.08. The lowest BCUT2D eigenvalue weighted by atomic mass is 10.1. The van der Waals surface area contributed by atoms with Crippen molar-refractivity contribution >= 4 is 29.1 Å². The first kappa shape index (κ1) is 20.9. The minimum Gasteiger partial charge on any atom is -0.478 e. The number of sulfonamides is 1. The summed E-state index contributed by atoms with van der Waals surface area (Å²) in [4.78, 5) is 12.7. The van der Waals surface area contributed by atoms with Crippen LogP contribution in [0.2, 0.25) is 19.6 Å². The Kier molecular flexibility index (Phi) is 5.72. The predicted molar refractivity (Wildman–Crippen MR) is 117 cm³/mol. The number of hydrogen-bond donors (Lipinski definition) is 1. The van der Waals surface area contributed by atoms with Crippen LogP contribution in [0, 0.1) is 6.92 Å². The topological polar surface area (TPSA) is 94.1 Å². The molecule has 0 aliphatic heterocycles. The maximum Gasteiger partial charge on any atom is 0.265 e. The fourth-order valence-electron chi connectivity index (χ4n) is 2.80. The third-order valence-corrected chi connectivity index (χ3v) is 7.81. The monoisotopic (exact) mass is 428 g/mol. The van der Waals surface area contributed by atoms with Gasteiger partial charge in [-0.15, -0.1) is 0 Å². The highest BCUT2D eigenvalue weighted by Crippen LogP contribution is 2.28. The van der Waals surface area contributed by atoms with E-state index in [9.17, 15) is 8.42 Å². The molecule has 152 valence electrons. The molecule has 0 saturated carbocycles. The second-order valence-corrected chi connectivity index (χ2v) is 14.4. The lowest BCUT2D eigenvalue weighted by molar-refractivity contribution is 0.397. The summed E-state index contributed by atoms with van der Waals surface area (Å²) in [6.45, 7) is 8.53. The molecule has 0 aliphatic rings. The summed E-state index contributed by atoms with van der Waals surface area (Å²) in [6.07, 6.45) is 3.05. The van der Waals surface area contributed by atoms with Gasteiger partial charge in [0.25, 0.3) is 15.9 Å². The molecule has 9 heteroatoms. The van der Waals surface area contributed by atoms with Gasteiger partial charge in [-0.2, -0.15) is 0 Å². The number of nitrogens with one attached hydrogen (secondary N) is 1. The molecule has 0 saturated heterocycles. The Hall–Kier alpha value is -2.78. The lowest BCUT2D eigenvalue weighted by Crippen LogP contribution is -2.37. The number of rotatable bonds is 6. The van der Waals surface area contributed by atoms with E-state index in [1.165, 1.54) is 24.6 Å². The van der Waals surface area contributed by atoms with Crippen LogP contribution in [0.1, 0.15) is 5.69 Å². The first-order valence-corrected chi connectivity index (χ1v) is 14.1. The van der Waals surface area contributed by atoms with Crippen molar-refractivity contribution in [3.05, 3.63) is 54.5 Å². The Morgan fingerprint density at radius 1 is 1.03 bits per heavy atom. The molecule has 0 unspecified atom stereocenters. The molecule has 29 heavy (non-hydrogen) atoms. The highest BCUT2D eigenvalue weighted by molar-refractivity contribution is 7.92. The van der Waals surface area contributed by atoms with Crippen molar-refractivity contribution < 1.29 is 13.2 Å². The van der Waals surface area contributed by atoms with Gasteiger partial charge in [-0.05, 0) is 19.1 Å². The van der Waals surface area contributed by atoms with Gasteiger partial charge >= 0.3 is 0 Å². The Balaban J connectivity index is 2.02. The number of aromatic nitrogens is 3. The van der Waals surface area contributed by atoms with Crippen LogP contribution in [0.25, 0.3) is 11.3 Å². The second-order valence-electron chi connectivity index (χ2n) is 7.65. The standard InChI is InChI=1S/C20H24N4O3SSi/c1-14-13-22-19(20(23-14)27-2)24-28(25,26)17-7-6-12-21-18(17)15-8-10-16(11-9-15)29(3,4)5/h6-13H,1-5H3,(H,22,24). The van der Waals surface area contributed by atoms with E-state index >= 15 is 0 Å². The average Bonchev–Trinajstić information content (AvgIpc) is 2.68. The van der Waals surface area contributed by atoms with Gasteiger partial charge in [0, 0.05) is 11.8 Å². The van der Waals surface area contributed by atoms with Crippen molar-refractivity contribution in [1.29, 1.82) is 0 Å². The highest BCUT2D eigenvalue weighted by atomic mass is 32.2. The van der Waals surface area contributed by atoms with E-state index in [0.29, 0.717) is 11.4 Å². The lowest BCUT2D eigenvalue weighted by Gasteiger charge is -2.17. The normalized spacial score (nSPS) is 11.9. The number of methoxy groups -OCH3 is 1. The number of benzene rings is 1. The van der Waals surface area contributed by atoms with Gasteiger partial charge in [-0.25, -0.2) is 18.4 Å². The van der Waals surface area contributed by atoms with Gasteiger partial charge in [-0.1, -0.05) is 49.1 Å². The highest BCUT2D eigenvalue weighted by Gasteiger charge is 2.24. The zero-order valence-electron chi connectivity index (χ0n) is 17.1. The molecule has 7 nitrogen and oxygen atoms in total. The zero-order valence-corrected chi connectivity index (χ0v) is 18.9. The number of hydrogen-bond acceptors (Lipinski definition) is 6. The van der Waals surface area contributed by atoms with Crippen LogP contribution >= 0.6 is 0 Å². The molecule has 0 radical (unpaired) electrons. The Bertz CT molecular complexity index is 1130. The van der Waals surface area contributed by atoms with Gasteiger partial charge in [0.1, 0.15) is 4.90 Å². The summed E-state index contributed by atoms with van der Waals surface area (Å²) in [7, 11) is -4.00. The molecule has 3 rings (SSSR count). The fraction of sp³-hybridized carbons (Fsp3) is 0.250. The van der Waals surface area contributed by atoms with E-state index in [1.54, 1.807) is 19.2 Å². The summed E-state index contributed by atoms with van der Waals surface area (Å²) >= 11 is 0. The molecule has 1 N–H and O–H groups in total. The van der Waals surface area contributed by atoms with Crippen LogP contribution in [0.5, 0.6) is 5.88 Å². The van der Waals surface area contributed by atoms with Crippen LogP contribution in [0.15, 0.2) is 53.7 Å². The summed E-state index contributed by atoms with van der Waals surface area (Å²) in [5.74, 6) is 0.139. The van der Waals surface area contributed by atoms with Crippen LogP contribution in [0.3, 0.4) is 0 Å². The van der Waals surface area contributed by atoms with Gasteiger partial charge in [0.2, 0.25) is 5.82 Å². The zero-order chi connectivity index (χ0) is 21.2. The van der Waals surface area contributed by atoms with Crippen molar-refractivity contribution in [2.45, 2.75) is 31.5 Å². The molecule has 0 fully saturated rings. The largest absolute Gasteiger partial charge is 0.478 e. The van der Waals surface area contributed by atoms with E-state index < -0.39 is 18.1 Å². The van der Waals surface area contributed by atoms with Crippen LogP contribution < -0.4 is 14.6 Å². The van der Waals surface area contributed by atoms with E-state index in [4.69, 9.17) is 4.74 Å². The third-order valence-electron chi connectivity index (χ3n) is 4.37.